The quantitative estimate of drug-likeness (QED) is 0.0406. The Labute approximate surface area is 327 Å². The normalized spacial score (nSPS) is 14.5. The summed E-state index contributed by atoms with van der Waals surface area (Å²) in [6.07, 6.45) is 1.26. The van der Waals surface area contributed by atoms with E-state index in [1.54, 1.807) is 30.3 Å². The number of fused-ring (bicyclic) bond motifs is 1. The molecule has 0 radical (unpaired) electrons. The molecule has 11 heteroatoms. The first-order valence-electron chi connectivity index (χ1n) is 18.4. The van der Waals surface area contributed by atoms with Gasteiger partial charge in [0, 0.05) is 22.5 Å². The van der Waals surface area contributed by atoms with Gasteiger partial charge in [-0.3, -0.25) is 24.0 Å². The number of methoxy groups -OCH3 is 1. The van der Waals surface area contributed by atoms with Crippen molar-refractivity contribution in [3.05, 3.63) is 119 Å². The van der Waals surface area contributed by atoms with Gasteiger partial charge in [-0.25, -0.2) is 4.90 Å². The molecule has 55 heavy (non-hydrogen) atoms. The summed E-state index contributed by atoms with van der Waals surface area (Å²) in [6, 6.07) is 24.3. The summed E-state index contributed by atoms with van der Waals surface area (Å²) in [5.74, 6) is -3.45. The fourth-order valence-corrected chi connectivity index (χ4v) is 6.56. The second-order valence-corrected chi connectivity index (χ2v) is 15.4. The van der Waals surface area contributed by atoms with Crippen LogP contribution in [0.5, 0.6) is 11.5 Å². The van der Waals surface area contributed by atoms with Crippen molar-refractivity contribution >= 4 is 52.4 Å². The molecular weight excluding hydrogens is 718 g/mol. The van der Waals surface area contributed by atoms with Crippen LogP contribution in [0.4, 0.5) is 11.4 Å². The number of carbonyl (C=O) groups is 5. The third-order valence-corrected chi connectivity index (χ3v) is 11.2. The topological polar surface area (TPSA) is 131 Å². The molecule has 4 aromatic rings. The van der Waals surface area contributed by atoms with Crippen LogP contribution in [-0.4, -0.2) is 52.5 Å². The minimum absolute atomic E-state index is 0.0386. The lowest BCUT2D eigenvalue weighted by molar-refractivity contribution is -0.123. The number of para-hydroxylation sites is 1. The van der Waals surface area contributed by atoms with E-state index in [4.69, 9.17) is 21.1 Å². The molecule has 0 bridgehead atoms. The van der Waals surface area contributed by atoms with Crippen LogP contribution >= 0.6 is 11.6 Å². The van der Waals surface area contributed by atoms with Crippen LogP contribution in [0.25, 0.3) is 0 Å². The second kappa shape index (κ2) is 16.1. The van der Waals surface area contributed by atoms with Crippen LogP contribution in [0.2, 0.25) is 0 Å². The van der Waals surface area contributed by atoms with Gasteiger partial charge in [0.2, 0.25) is 5.78 Å². The number of halogens is 1. The number of nitrogens with one attached hydrogen (secondary N) is 2. The predicted molar refractivity (Wildman–Crippen MR) is 214 cm³/mol. The van der Waals surface area contributed by atoms with Gasteiger partial charge in [-0.15, -0.1) is 0 Å². The molecule has 10 nitrogen and oxygen atoms in total. The highest BCUT2D eigenvalue weighted by molar-refractivity contribution is 6.52. The maximum absolute atomic E-state index is 14.1. The molecule has 2 atom stereocenters. The third kappa shape index (κ3) is 8.01. The number of hydrogen-bond acceptors (Lipinski definition) is 7. The van der Waals surface area contributed by atoms with Gasteiger partial charge in [0.1, 0.15) is 11.5 Å². The lowest BCUT2D eigenvalue weighted by Gasteiger charge is -2.32. The smallest absolute Gasteiger partial charge is 0.274 e. The Morgan fingerprint density at radius 2 is 1.38 bits per heavy atom. The summed E-state index contributed by atoms with van der Waals surface area (Å²) in [6.45, 7) is 14.8. The van der Waals surface area contributed by atoms with E-state index in [0.29, 0.717) is 28.5 Å². The molecule has 4 amide bonds. The van der Waals surface area contributed by atoms with Gasteiger partial charge in [0.15, 0.2) is 6.10 Å². The zero-order chi connectivity index (χ0) is 40.3. The summed E-state index contributed by atoms with van der Waals surface area (Å²) < 4.78 is 11.6. The zero-order valence-corrected chi connectivity index (χ0v) is 33.3. The largest absolute Gasteiger partial charge is 0.497 e. The van der Waals surface area contributed by atoms with E-state index in [9.17, 15) is 24.0 Å². The van der Waals surface area contributed by atoms with Gasteiger partial charge in [0.25, 0.3) is 28.6 Å². The number of nitrogens with zero attached hydrogens (tertiary/aromatic N) is 1. The molecule has 2 unspecified atom stereocenters. The average Bonchev–Trinajstić information content (AvgIpc) is 3.44. The van der Waals surface area contributed by atoms with E-state index in [-0.39, 0.29) is 33.2 Å². The number of Topliss-reactive ketones (excluding diaryl/α,β-unsaturated/α-hetero) is 1. The maximum Gasteiger partial charge on any atom is 0.274 e. The lowest BCUT2D eigenvalue weighted by atomic mass is 9.76. The van der Waals surface area contributed by atoms with Crippen LogP contribution < -0.4 is 20.1 Å². The molecule has 2 N–H and O–H groups in total. The van der Waals surface area contributed by atoms with Gasteiger partial charge < -0.3 is 20.1 Å². The number of benzene rings is 4. The molecule has 1 heterocycles. The molecule has 0 aliphatic carbocycles. The summed E-state index contributed by atoms with van der Waals surface area (Å²) in [5, 5.41) is 5.40. The summed E-state index contributed by atoms with van der Waals surface area (Å²) in [4.78, 5) is 67.5. The van der Waals surface area contributed by atoms with E-state index in [2.05, 4.69) is 58.2 Å². The lowest BCUT2D eigenvalue weighted by Crippen LogP contribution is -2.60. The number of carbonyl (C=O) groups excluding carboxylic acids is 5. The molecule has 0 spiro atoms. The highest BCUT2D eigenvalue weighted by Gasteiger charge is 2.58. The Morgan fingerprint density at radius 3 is 1.98 bits per heavy atom. The SMILES string of the molecule is CCC(Oc1ccc(C(C)(C)CC)cc1C(C)(C)CC)C(=O)Nc1ccc2c(c1)C(=O)N(C(Cl)(C(=O)Nc1ccccc1)C(=O)c1ccc(OC)cc1)C2=O. The van der Waals surface area contributed by atoms with Crippen molar-refractivity contribution in [2.24, 2.45) is 0 Å². The first-order valence-corrected chi connectivity index (χ1v) is 18.8. The predicted octanol–water partition coefficient (Wildman–Crippen LogP) is 8.92. The Kier molecular flexibility index (Phi) is 11.9. The summed E-state index contributed by atoms with van der Waals surface area (Å²) in [5.41, 5.74) is 2.15. The fraction of sp³-hybridized carbons (Fsp3) is 0.341. The van der Waals surface area contributed by atoms with E-state index in [1.165, 1.54) is 55.1 Å². The number of amides is 4. The Morgan fingerprint density at radius 1 is 0.745 bits per heavy atom. The first kappa shape index (κ1) is 40.7. The number of ether oxygens (including phenoxy) is 2. The van der Waals surface area contributed by atoms with Gasteiger partial charge >= 0.3 is 0 Å². The number of hydrogen-bond donors (Lipinski definition) is 2. The van der Waals surface area contributed by atoms with Crippen molar-refractivity contribution < 1.29 is 33.4 Å². The molecule has 288 valence electrons. The average molecular weight is 766 g/mol. The number of ketones is 1. The fourth-order valence-electron chi connectivity index (χ4n) is 6.25. The monoisotopic (exact) mass is 765 g/mol. The molecule has 1 aliphatic rings. The molecule has 1 aliphatic heterocycles. The Bertz CT molecular complexity index is 2110. The summed E-state index contributed by atoms with van der Waals surface area (Å²) in [7, 11) is 1.46. The molecule has 0 fully saturated rings. The van der Waals surface area contributed by atoms with Crippen LogP contribution in [0.15, 0.2) is 91.0 Å². The number of imide groups is 1. The zero-order valence-electron chi connectivity index (χ0n) is 32.5. The standard InChI is InChI=1S/C44H48ClN3O7/c1-9-35(55-36-24-19-28(42(4,5)10-2)25-34(36)43(6,7)11-3)38(50)46-30-20-23-32-33(26-30)40(52)48(39(32)51)44(45,41(53)47-29-15-13-12-14-16-29)37(49)27-17-21-31(54-8)22-18-27/h12-26,35H,9-11H2,1-8H3,(H,46,50)(H,47,53). The van der Waals surface area contributed by atoms with Crippen molar-refractivity contribution in [1.82, 2.24) is 4.90 Å². The highest BCUT2D eigenvalue weighted by atomic mass is 35.5. The number of alkyl halides is 1. The van der Waals surface area contributed by atoms with Gasteiger partial charge in [-0.2, -0.15) is 0 Å². The number of rotatable bonds is 15. The molecule has 0 aromatic heterocycles. The maximum atomic E-state index is 14.1. The molecule has 0 saturated heterocycles. The van der Waals surface area contributed by atoms with Crippen LogP contribution in [0.3, 0.4) is 0 Å². The van der Waals surface area contributed by atoms with Crippen molar-refractivity contribution in [2.45, 2.75) is 89.7 Å². The van der Waals surface area contributed by atoms with Gasteiger partial charge in [0.05, 0.1) is 18.2 Å². The van der Waals surface area contributed by atoms with Gasteiger partial charge in [-0.05, 0) is 96.3 Å². The van der Waals surface area contributed by atoms with E-state index < -0.39 is 40.5 Å². The van der Waals surface area contributed by atoms with Gasteiger partial charge in [-0.1, -0.05) is 90.4 Å². The van der Waals surface area contributed by atoms with Crippen molar-refractivity contribution in [1.29, 1.82) is 0 Å². The Balaban J connectivity index is 1.44. The second-order valence-electron chi connectivity index (χ2n) is 14.9. The first-order chi connectivity index (χ1) is 26.0. The third-order valence-electron chi connectivity index (χ3n) is 10.6. The molecule has 0 saturated carbocycles. The molecule has 5 rings (SSSR count). The minimum Gasteiger partial charge on any atom is -0.497 e. The minimum atomic E-state index is -2.83. The van der Waals surface area contributed by atoms with E-state index in [0.717, 1.165) is 18.4 Å². The number of anilines is 2. The van der Waals surface area contributed by atoms with Crippen molar-refractivity contribution in [3.8, 4) is 11.5 Å². The van der Waals surface area contributed by atoms with E-state index >= 15 is 0 Å². The van der Waals surface area contributed by atoms with Crippen LogP contribution in [0.1, 0.15) is 110 Å². The van der Waals surface area contributed by atoms with Crippen LogP contribution in [-0.2, 0) is 20.4 Å². The van der Waals surface area contributed by atoms with Crippen LogP contribution in [0, 0.1) is 0 Å². The van der Waals surface area contributed by atoms with Crippen molar-refractivity contribution in [3.63, 3.8) is 0 Å². The van der Waals surface area contributed by atoms with Crippen molar-refractivity contribution in [2.75, 3.05) is 17.7 Å². The van der Waals surface area contributed by atoms with E-state index in [1.807, 2.05) is 19.1 Å². The molecule has 4 aromatic carbocycles. The highest BCUT2D eigenvalue weighted by Crippen LogP contribution is 2.40. The Hall–Kier alpha value is -5.48. The molecular formula is C44H48ClN3O7. The summed E-state index contributed by atoms with van der Waals surface area (Å²) >= 11 is 6.95.